The molecule has 3 rings (SSSR count). The highest BCUT2D eigenvalue weighted by Crippen LogP contribution is 2.32. The smallest absolute Gasteiger partial charge is 0.189 e. The van der Waals surface area contributed by atoms with Gasteiger partial charge >= 0.3 is 0 Å². The van der Waals surface area contributed by atoms with E-state index in [9.17, 15) is 20.1 Å². The van der Waals surface area contributed by atoms with Gasteiger partial charge in [0.1, 0.15) is 17.2 Å². The lowest BCUT2D eigenvalue weighted by Gasteiger charge is -2.11. The Kier molecular flexibility index (Phi) is 7.27. The maximum atomic E-state index is 12.5. The Balaban J connectivity index is 1.68. The molecule has 1 aliphatic heterocycles. The summed E-state index contributed by atoms with van der Waals surface area (Å²) < 4.78 is 10.8. The Morgan fingerprint density at radius 3 is 2.47 bits per heavy atom. The lowest BCUT2D eigenvalue weighted by Crippen LogP contribution is -2.07. The highest BCUT2D eigenvalue weighted by Gasteiger charge is 2.17. The van der Waals surface area contributed by atoms with Crippen LogP contribution in [0.5, 0.6) is 17.2 Å². The van der Waals surface area contributed by atoms with Crippen molar-refractivity contribution in [3.8, 4) is 17.2 Å². The maximum absolute atomic E-state index is 12.5. The van der Waals surface area contributed by atoms with Crippen molar-refractivity contribution in [1.29, 1.82) is 0 Å². The fraction of sp³-hybridized carbons (Fsp3) is 0.292. The Hall–Kier alpha value is -3.09. The fourth-order valence-electron chi connectivity index (χ4n) is 3.17. The SMILES string of the molecule is C/C(=C\Cc1c(O)ccc(C(=O)C=Cc2ccc(O)cc2)c1O)CCC1OCCO1. The van der Waals surface area contributed by atoms with Gasteiger partial charge < -0.3 is 24.8 Å². The molecule has 0 saturated carbocycles. The average Bonchev–Trinajstić information content (AvgIpc) is 3.25. The summed E-state index contributed by atoms with van der Waals surface area (Å²) in [4.78, 5) is 12.5. The summed E-state index contributed by atoms with van der Waals surface area (Å²) in [5.41, 5.74) is 2.26. The molecule has 0 radical (unpaired) electrons. The molecule has 2 aromatic rings. The molecule has 30 heavy (non-hydrogen) atoms. The zero-order valence-corrected chi connectivity index (χ0v) is 16.9. The van der Waals surface area contributed by atoms with Gasteiger partial charge in [-0.25, -0.2) is 0 Å². The molecule has 1 saturated heterocycles. The highest BCUT2D eigenvalue weighted by molar-refractivity contribution is 6.09. The number of rotatable bonds is 8. The van der Waals surface area contributed by atoms with E-state index >= 15 is 0 Å². The van der Waals surface area contributed by atoms with Gasteiger partial charge in [0.05, 0.1) is 18.8 Å². The second-order valence-corrected chi connectivity index (χ2v) is 7.21. The number of hydrogen-bond donors (Lipinski definition) is 3. The van der Waals surface area contributed by atoms with Gasteiger partial charge in [0.15, 0.2) is 12.1 Å². The van der Waals surface area contributed by atoms with Crippen LogP contribution >= 0.6 is 0 Å². The molecule has 0 aliphatic carbocycles. The third kappa shape index (κ3) is 5.72. The number of benzene rings is 2. The van der Waals surface area contributed by atoms with E-state index in [-0.39, 0.29) is 34.9 Å². The van der Waals surface area contributed by atoms with Crippen molar-refractivity contribution in [2.45, 2.75) is 32.5 Å². The first-order chi connectivity index (χ1) is 14.4. The first kappa shape index (κ1) is 21.6. The minimum atomic E-state index is -0.377. The van der Waals surface area contributed by atoms with Gasteiger partial charge in [0.2, 0.25) is 0 Å². The first-order valence-electron chi connectivity index (χ1n) is 9.88. The molecule has 0 amide bonds. The molecule has 0 unspecified atom stereocenters. The molecule has 3 N–H and O–H groups in total. The number of carbonyl (C=O) groups excluding carboxylic acids is 1. The van der Waals surface area contributed by atoms with E-state index in [0.717, 1.165) is 24.0 Å². The molecule has 0 atom stereocenters. The number of ketones is 1. The van der Waals surface area contributed by atoms with Crippen molar-refractivity contribution in [2.24, 2.45) is 0 Å². The molecule has 6 heteroatoms. The summed E-state index contributed by atoms with van der Waals surface area (Å²) in [7, 11) is 0. The van der Waals surface area contributed by atoms with E-state index in [1.54, 1.807) is 18.2 Å². The van der Waals surface area contributed by atoms with Crippen molar-refractivity contribution in [3.05, 3.63) is 70.8 Å². The number of hydrogen-bond acceptors (Lipinski definition) is 6. The van der Waals surface area contributed by atoms with Crippen LogP contribution in [0.1, 0.15) is 41.3 Å². The largest absolute Gasteiger partial charge is 0.508 e. The molecule has 0 aromatic heterocycles. The average molecular weight is 410 g/mol. The summed E-state index contributed by atoms with van der Waals surface area (Å²) in [6, 6.07) is 9.23. The minimum Gasteiger partial charge on any atom is -0.508 e. The van der Waals surface area contributed by atoms with Gasteiger partial charge in [-0.05, 0) is 55.7 Å². The van der Waals surface area contributed by atoms with Crippen molar-refractivity contribution >= 4 is 11.9 Å². The van der Waals surface area contributed by atoms with Crippen molar-refractivity contribution in [2.75, 3.05) is 13.2 Å². The first-order valence-corrected chi connectivity index (χ1v) is 9.88. The van der Waals surface area contributed by atoms with Gasteiger partial charge in [-0.3, -0.25) is 4.79 Å². The summed E-state index contributed by atoms with van der Waals surface area (Å²) in [5, 5.41) is 30.1. The number of ether oxygens (including phenoxy) is 2. The molecule has 1 heterocycles. The second-order valence-electron chi connectivity index (χ2n) is 7.21. The number of aromatic hydroxyl groups is 3. The van der Waals surface area contributed by atoms with Crippen LogP contribution in [-0.2, 0) is 15.9 Å². The molecule has 1 aliphatic rings. The van der Waals surface area contributed by atoms with E-state index in [0.29, 0.717) is 25.2 Å². The minimum absolute atomic E-state index is 0.0573. The molecule has 0 bridgehead atoms. The van der Waals surface area contributed by atoms with Gasteiger partial charge in [-0.15, -0.1) is 0 Å². The van der Waals surface area contributed by atoms with Crippen LogP contribution < -0.4 is 0 Å². The van der Waals surface area contributed by atoms with E-state index < -0.39 is 0 Å². The van der Waals surface area contributed by atoms with Gasteiger partial charge in [0, 0.05) is 12.0 Å². The quantitative estimate of drug-likeness (QED) is 0.340. The molecule has 2 aromatic carbocycles. The molecule has 158 valence electrons. The Bertz CT molecular complexity index is 937. The van der Waals surface area contributed by atoms with Crippen LogP contribution in [-0.4, -0.2) is 40.6 Å². The predicted octanol–water partition coefficient (Wildman–Crippen LogP) is 4.34. The van der Waals surface area contributed by atoms with Crippen LogP contribution in [0.3, 0.4) is 0 Å². The predicted molar refractivity (Wildman–Crippen MR) is 114 cm³/mol. The molecular weight excluding hydrogens is 384 g/mol. The fourth-order valence-corrected chi connectivity index (χ4v) is 3.17. The van der Waals surface area contributed by atoms with Crippen molar-refractivity contribution < 1.29 is 29.6 Å². The Morgan fingerprint density at radius 1 is 1.07 bits per heavy atom. The topological polar surface area (TPSA) is 96.2 Å². The summed E-state index contributed by atoms with van der Waals surface area (Å²) in [6.45, 7) is 3.22. The molecule has 6 nitrogen and oxygen atoms in total. The summed E-state index contributed by atoms with van der Waals surface area (Å²) >= 11 is 0. The van der Waals surface area contributed by atoms with Crippen LogP contribution in [0.25, 0.3) is 6.08 Å². The lowest BCUT2D eigenvalue weighted by molar-refractivity contribution is -0.0461. The third-order valence-electron chi connectivity index (χ3n) is 4.96. The van der Waals surface area contributed by atoms with Crippen LogP contribution in [0.2, 0.25) is 0 Å². The molecular formula is C24H26O6. The Morgan fingerprint density at radius 2 is 1.77 bits per heavy atom. The zero-order chi connectivity index (χ0) is 21.5. The van der Waals surface area contributed by atoms with E-state index in [4.69, 9.17) is 9.47 Å². The van der Waals surface area contributed by atoms with E-state index in [2.05, 4.69) is 0 Å². The Labute approximate surface area is 175 Å². The number of allylic oxidation sites excluding steroid dienone is 3. The van der Waals surface area contributed by atoms with Gasteiger partial charge in [0.25, 0.3) is 0 Å². The number of phenolic OH excluding ortho intramolecular Hbond substituents is 3. The second kappa shape index (κ2) is 10.1. The standard InChI is InChI=1S/C24H26O6/c1-16(3-13-23-29-14-15-30-23)2-9-19-22(27)12-10-20(24(19)28)21(26)11-6-17-4-7-18(25)8-5-17/h2,4-8,10-12,23,25,27-28H,3,9,13-15H2,1H3/b11-6?,16-2+. The van der Waals surface area contributed by atoms with Crippen molar-refractivity contribution in [1.82, 2.24) is 0 Å². The van der Waals surface area contributed by atoms with Gasteiger partial charge in [-0.1, -0.05) is 29.9 Å². The third-order valence-corrected chi connectivity index (χ3v) is 4.96. The van der Waals surface area contributed by atoms with Gasteiger partial charge in [-0.2, -0.15) is 0 Å². The normalized spacial score (nSPS) is 15.2. The highest BCUT2D eigenvalue weighted by atomic mass is 16.7. The van der Waals surface area contributed by atoms with Crippen LogP contribution in [0, 0.1) is 0 Å². The summed E-state index contributed by atoms with van der Waals surface area (Å²) in [5.74, 6) is -0.510. The maximum Gasteiger partial charge on any atom is 0.189 e. The molecule has 0 spiro atoms. The van der Waals surface area contributed by atoms with Crippen LogP contribution in [0.4, 0.5) is 0 Å². The number of phenols is 3. The monoisotopic (exact) mass is 410 g/mol. The zero-order valence-electron chi connectivity index (χ0n) is 16.9. The van der Waals surface area contributed by atoms with E-state index in [1.807, 2.05) is 13.0 Å². The summed E-state index contributed by atoms with van der Waals surface area (Å²) in [6.07, 6.45) is 6.54. The molecule has 1 fully saturated rings. The number of carbonyl (C=O) groups is 1. The van der Waals surface area contributed by atoms with Crippen LogP contribution in [0.15, 0.2) is 54.1 Å². The van der Waals surface area contributed by atoms with Crippen molar-refractivity contribution in [3.63, 3.8) is 0 Å². The lowest BCUT2D eigenvalue weighted by atomic mass is 9.99. The van der Waals surface area contributed by atoms with E-state index in [1.165, 1.54) is 30.3 Å².